The molecule has 1 atom stereocenters. The number of aromatic nitrogens is 2. The third-order valence-electron chi connectivity index (χ3n) is 3.72. The Balaban J connectivity index is 1.85. The van der Waals surface area contributed by atoms with Gasteiger partial charge in [-0.3, -0.25) is 9.48 Å². The molecule has 1 unspecified atom stereocenters. The Morgan fingerprint density at radius 3 is 2.75 bits per heavy atom. The van der Waals surface area contributed by atoms with Crippen LogP contribution in [-0.2, 0) is 7.05 Å². The Kier molecular flexibility index (Phi) is 3.26. The van der Waals surface area contributed by atoms with E-state index in [0.717, 1.165) is 24.9 Å². The molecular formula is C15H16FN3O. The first kappa shape index (κ1) is 12.8. The van der Waals surface area contributed by atoms with Crippen molar-refractivity contribution in [2.75, 3.05) is 6.54 Å². The molecule has 1 aliphatic rings. The van der Waals surface area contributed by atoms with E-state index in [0.29, 0.717) is 5.56 Å². The number of nitrogens with zero attached hydrogens (tertiary/aromatic N) is 3. The fourth-order valence-electron chi connectivity index (χ4n) is 2.74. The molecule has 0 bridgehead atoms. The van der Waals surface area contributed by atoms with E-state index in [2.05, 4.69) is 5.10 Å². The minimum Gasteiger partial charge on any atom is -0.332 e. The quantitative estimate of drug-likeness (QED) is 0.843. The molecule has 1 aliphatic heterocycles. The molecule has 1 fully saturated rings. The second-order valence-electron chi connectivity index (χ2n) is 5.11. The highest BCUT2D eigenvalue weighted by molar-refractivity contribution is 5.94. The van der Waals surface area contributed by atoms with Gasteiger partial charge in [0.05, 0.1) is 17.8 Å². The van der Waals surface area contributed by atoms with Gasteiger partial charge < -0.3 is 4.90 Å². The van der Waals surface area contributed by atoms with Gasteiger partial charge in [-0.1, -0.05) is 12.1 Å². The first-order valence-corrected chi connectivity index (χ1v) is 6.70. The maximum atomic E-state index is 13.0. The van der Waals surface area contributed by atoms with Gasteiger partial charge in [0, 0.05) is 19.8 Å². The van der Waals surface area contributed by atoms with E-state index in [1.165, 1.54) is 12.1 Å². The highest BCUT2D eigenvalue weighted by atomic mass is 19.1. The normalized spacial score (nSPS) is 18.5. The highest BCUT2D eigenvalue weighted by Crippen LogP contribution is 2.33. The summed E-state index contributed by atoms with van der Waals surface area (Å²) >= 11 is 0. The molecule has 0 aliphatic carbocycles. The molecule has 2 heterocycles. The lowest BCUT2D eigenvalue weighted by molar-refractivity contribution is 0.0735. The zero-order chi connectivity index (χ0) is 14.1. The lowest BCUT2D eigenvalue weighted by atomic mass is 10.0. The number of likely N-dealkylation sites (tertiary alicyclic amines) is 1. The molecule has 3 rings (SSSR count). The maximum absolute atomic E-state index is 13.0. The average Bonchev–Trinajstić information content (AvgIpc) is 3.07. The van der Waals surface area contributed by atoms with Gasteiger partial charge in [-0.05, 0) is 30.5 Å². The van der Waals surface area contributed by atoms with Crippen LogP contribution in [0.15, 0.2) is 36.7 Å². The fraction of sp³-hybridized carbons (Fsp3) is 0.333. The van der Waals surface area contributed by atoms with Crippen LogP contribution in [0.2, 0.25) is 0 Å². The molecule has 0 radical (unpaired) electrons. The number of rotatable bonds is 2. The molecule has 0 saturated carbocycles. The molecule has 5 heteroatoms. The summed E-state index contributed by atoms with van der Waals surface area (Å²) in [6.07, 6.45) is 5.19. The summed E-state index contributed by atoms with van der Waals surface area (Å²) < 4.78 is 14.6. The number of amides is 1. The first-order chi connectivity index (χ1) is 9.65. The molecule has 1 aromatic heterocycles. The minimum absolute atomic E-state index is 0.00933. The number of halogens is 1. The lowest BCUT2D eigenvalue weighted by Gasteiger charge is -2.24. The fourth-order valence-corrected chi connectivity index (χ4v) is 2.74. The zero-order valence-electron chi connectivity index (χ0n) is 11.3. The predicted octanol–water partition coefficient (Wildman–Crippen LogP) is 2.54. The highest BCUT2D eigenvalue weighted by Gasteiger charge is 2.31. The molecule has 0 spiro atoms. The average molecular weight is 273 g/mol. The van der Waals surface area contributed by atoms with Crippen molar-refractivity contribution >= 4 is 5.91 Å². The summed E-state index contributed by atoms with van der Waals surface area (Å²) in [6, 6.07) is 6.44. The van der Waals surface area contributed by atoms with Crippen molar-refractivity contribution in [1.82, 2.24) is 14.7 Å². The van der Waals surface area contributed by atoms with Crippen LogP contribution in [0.1, 0.15) is 34.8 Å². The van der Waals surface area contributed by atoms with Crippen LogP contribution in [0.25, 0.3) is 0 Å². The number of carbonyl (C=O) groups is 1. The topological polar surface area (TPSA) is 38.1 Å². The van der Waals surface area contributed by atoms with Crippen molar-refractivity contribution in [3.8, 4) is 0 Å². The number of benzene rings is 1. The first-order valence-electron chi connectivity index (χ1n) is 6.70. The predicted molar refractivity (Wildman–Crippen MR) is 72.6 cm³/mol. The van der Waals surface area contributed by atoms with Gasteiger partial charge in [-0.2, -0.15) is 5.10 Å². The van der Waals surface area contributed by atoms with Crippen LogP contribution in [-0.4, -0.2) is 27.1 Å². The molecular weight excluding hydrogens is 257 g/mol. The van der Waals surface area contributed by atoms with Crippen LogP contribution in [0.3, 0.4) is 0 Å². The van der Waals surface area contributed by atoms with Crippen LogP contribution >= 0.6 is 0 Å². The summed E-state index contributed by atoms with van der Waals surface area (Å²) in [4.78, 5) is 14.4. The molecule has 1 amide bonds. The SMILES string of the molecule is Cn1cc(C(=O)N2CCCC2c2ccc(F)cc2)cn1. The Morgan fingerprint density at radius 2 is 2.10 bits per heavy atom. The Hall–Kier alpha value is -2.17. The third-order valence-corrected chi connectivity index (χ3v) is 3.72. The van der Waals surface area contributed by atoms with Crippen molar-refractivity contribution < 1.29 is 9.18 Å². The van der Waals surface area contributed by atoms with E-state index in [1.807, 2.05) is 4.90 Å². The minimum atomic E-state index is -0.253. The van der Waals surface area contributed by atoms with E-state index < -0.39 is 0 Å². The summed E-state index contributed by atoms with van der Waals surface area (Å²) in [5, 5.41) is 4.04. The summed E-state index contributed by atoms with van der Waals surface area (Å²) in [6.45, 7) is 0.732. The van der Waals surface area contributed by atoms with E-state index in [4.69, 9.17) is 0 Å². The summed E-state index contributed by atoms with van der Waals surface area (Å²) in [7, 11) is 1.79. The van der Waals surface area contributed by atoms with Crippen molar-refractivity contribution in [1.29, 1.82) is 0 Å². The van der Waals surface area contributed by atoms with Gasteiger partial charge in [0.2, 0.25) is 0 Å². The lowest BCUT2D eigenvalue weighted by Crippen LogP contribution is -2.30. The number of carbonyl (C=O) groups excluding carboxylic acids is 1. The van der Waals surface area contributed by atoms with Gasteiger partial charge in [0.15, 0.2) is 0 Å². The van der Waals surface area contributed by atoms with Gasteiger partial charge in [-0.25, -0.2) is 4.39 Å². The van der Waals surface area contributed by atoms with Gasteiger partial charge in [0.1, 0.15) is 5.82 Å². The molecule has 1 saturated heterocycles. The van der Waals surface area contributed by atoms with Crippen molar-refractivity contribution in [2.45, 2.75) is 18.9 Å². The summed E-state index contributed by atoms with van der Waals surface area (Å²) in [5.41, 5.74) is 1.59. The van der Waals surface area contributed by atoms with Crippen molar-refractivity contribution in [2.24, 2.45) is 7.05 Å². The van der Waals surface area contributed by atoms with Gasteiger partial charge in [-0.15, -0.1) is 0 Å². The van der Waals surface area contributed by atoms with E-state index in [9.17, 15) is 9.18 Å². The third kappa shape index (κ3) is 2.31. The summed E-state index contributed by atoms with van der Waals surface area (Å²) in [5.74, 6) is -0.262. The number of hydrogen-bond donors (Lipinski definition) is 0. The zero-order valence-corrected chi connectivity index (χ0v) is 11.3. The van der Waals surface area contributed by atoms with Crippen molar-refractivity contribution in [3.63, 3.8) is 0 Å². The Labute approximate surface area is 116 Å². The van der Waals surface area contributed by atoms with Crippen LogP contribution in [0, 0.1) is 5.82 Å². The van der Waals surface area contributed by atoms with Crippen molar-refractivity contribution in [3.05, 3.63) is 53.6 Å². The second-order valence-corrected chi connectivity index (χ2v) is 5.11. The van der Waals surface area contributed by atoms with Crippen LogP contribution in [0.5, 0.6) is 0 Å². The Morgan fingerprint density at radius 1 is 1.35 bits per heavy atom. The molecule has 1 aromatic carbocycles. The van der Waals surface area contributed by atoms with Crippen LogP contribution in [0.4, 0.5) is 4.39 Å². The molecule has 104 valence electrons. The number of hydrogen-bond acceptors (Lipinski definition) is 2. The van der Waals surface area contributed by atoms with E-state index in [1.54, 1.807) is 36.3 Å². The standard InChI is InChI=1S/C15H16FN3O/c1-18-10-12(9-17-18)15(20)19-8-2-3-14(19)11-4-6-13(16)7-5-11/h4-7,9-10,14H,2-3,8H2,1H3. The molecule has 2 aromatic rings. The molecule has 4 nitrogen and oxygen atoms in total. The number of aryl methyl sites for hydroxylation is 1. The monoisotopic (exact) mass is 273 g/mol. The smallest absolute Gasteiger partial charge is 0.257 e. The largest absolute Gasteiger partial charge is 0.332 e. The second kappa shape index (κ2) is 5.07. The molecule has 0 N–H and O–H groups in total. The maximum Gasteiger partial charge on any atom is 0.257 e. The van der Waals surface area contributed by atoms with Crippen LogP contribution < -0.4 is 0 Å². The van der Waals surface area contributed by atoms with Gasteiger partial charge in [0.25, 0.3) is 5.91 Å². The van der Waals surface area contributed by atoms with Gasteiger partial charge >= 0.3 is 0 Å². The Bertz CT molecular complexity index is 620. The molecule has 20 heavy (non-hydrogen) atoms. The van der Waals surface area contributed by atoms with E-state index in [-0.39, 0.29) is 17.8 Å². The van der Waals surface area contributed by atoms with E-state index >= 15 is 0 Å².